The van der Waals surface area contributed by atoms with Crippen molar-refractivity contribution in [2.45, 2.75) is 45.6 Å². The zero-order valence-corrected chi connectivity index (χ0v) is 16.0. The van der Waals surface area contributed by atoms with Gasteiger partial charge in [-0.1, -0.05) is 0 Å². The van der Waals surface area contributed by atoms with E-state index in [1.54, 1.807) is 36.1 Å². The first kappa shape index (κ1) is 20.7. The number of hydrogen-bond donors (Lipinski definition) is 1. The highest BCUT2D eigenvalue weighted by molar-refractivity contribution is 5.94. The highest BCUT2D eigenvalue weighted by Gasteiger charge is 2.24. The number of esters is 1. The molecule has 148 valence electrons. The number of hydrogen-bond acceptors (Lipinski definition) is 5. The van der Waals surface area contributed by atoms with E-state index in [1.807, 2.05) is 6.92 Å². The van der Waals surface area contributed by atoms with Gasteiger partial charge in [-0.25, -0.2) is 0 Å². The van der Waals surface area contributed by atoms with Crippen molar-refractivity contribution in [3.05, 3.63) is 29.8 Å². The Bertz CT molecular complexity index is 636. The van der Waals surface area contributed by atoms with Crippen LogP contribution in [0.2, 0.25) is 0 Å². The summed E-state index contributed by atoms with van der Waals surface area (Å²) in [6.07, 6.45) is 1.69. The first-order valence-electron chi connectivity index (χ1n) is 9.50. The molecule has 0 saturated carbocycles. The van der Waals surface area contributed by atoms with Crippen LogP contribution in [0, 0.1) is 0 Å². The fourth-order valence-electron chi connectivity index (χ4n) is 3.01. The summed E-state index contributed by atoms with van der Waals surface area (Å²) in [4.78, 5) is 37.6. The second-order valence-electron chi connectivity index (χ2n) is 6.39. The number of nitrogens with zero attached hydrogens (tertiary/aromatic N) is 1. The van der Waals surface area contributed by atoms with Crippen LogP contribution in [0.5, 0.6) is 5.75 Å². The Morgan fingerprint density at radius 1 is 1.04 bits per heavy atom. The summed E-state index contributed by atoms with van der Waals surface area (Å²) in [6.45, 7) is 5.72. The number of carbonyl (C=O) groups is 3. The first-order chi connectivity index (χ1) is 13.0. The van der Waals surface area contributed by atoms with Crippen molar-refractivity contribution in [2.75, 3.05) is 26.3 Å². The van der Waals surface area contributed by atoms with Crippen molar-refractivity contribution in [3.63, 3.8) is 0 Å². The maximum atomic E-state index is 12.4. The van der Waals surface area contributed by atoms with Crippen molar-refractivity contribution < 1.29 is 23.9 Å². The van der Waals surface area contributed by atoms with Gasteiger partial charge in [0.1, 0.15) is 5.75 Å². The minimum Gasteiger partial charge on any atom is -0.494 e. The molecule has 0 atom stereocenters. The quantitative estimate of drug-likeness (QED) is 0.703. The summed E-state index contributed by atoms with van der Waals surface area (Å²) >= 11 is 0. The molecule has 1 saturated heterocycles. The monoisotopic (exact) mass is 376 g/mol. The molecule has 0 aliphatic carbocycles. The van der Waals surface area contributed by atoms with E-state index in [1.165, 1.54) is 0 Å². The lowest BCUT2D eigenvalue weighted by Crippen LogP contribution is -2.46. The smallest absolute Gasteiger partial charge is 0.306 e. The predicted molar refractivity (Wildman–Crippen MR) is 101 cm³/mol. The van der Waals surface area contributed by atoms with Crippen LogP contribution in [0.25, 0.3) is 0 Å². The van der Waals surface area contributed by atoms with Crippen molar-refractivity contribution in [3.8, 4) is 5.75 Å². The Morgan fingerprint density at radius 2 is 1.70 bits per heavy atom. The highest BCUT2D eigenvalue weighted by Crippen LogP contribution is 2.15. The van der Waals surface area contributed by atoms with Crippen LogP contribution in [0.1, 0.15) is 49.9 Å². The lowest BCUT2D eigenvalue weighted by molar-refractivity contribution is -0.145. The summed E-state index contributed by atoms with van der Waals surface area (Å²) in [7, 11) is 0. The molecule has 1 N–H and O–H groups in total. The van der Waals surface area contributed by atoms with Gasteiger partial charge >= 0.3 is 5.97 Å². The van der Waals surface area contributed by atoms with E-state index in [9.17, 15) is 14.4 Å². The van der Waals surface area contributed by atoms with Gasteiger partial charge in [-0.3, -0.25) is 14.4 Å². The molecule has 1 aromatic rings. The standard InChI is InChI=1S/C20H28N2O5/c1-3-26-17-7-5-15(6-8-17)20(25)21-16-11-13-22(14-12-16)18(23)9-10-19(24)27-4-2/h5-8,16H,3-4,9-14H2,1-2H3,(H,21,25). The van der Waals surface area contributed by atoms with Crippen molar-refractivity contribution in [2.24, 2.45) is 0 Å². The highest BCUT2D eigenvalue weighted by atomic mass is 16.5. The molecule has 1 fully saturated rings. The molecule has 1 aliphatic heterocycles. The maximum absolute atomic E-state index is 12.4. The molecule has 0 aromatic heterocycles. The number of benzene rings is 1. The lowest BCUT2D eigenvalue weighted by Gasteiger charge is -2.32. The molecular formula is C20H28N2O5. The van der Waals surface area contributed by atoms with Crippen LogP contribution >= 0.6 is 0 Å². The van der Waals surface area contributed by atoms with Crippen LogP contribution in [0.15, 0.2) is 24.3 Å². The number of likely N-dealkylation sites (tertiary alicyclic amines) is 1. The zero-order chi connectivity index (χ0) is 19.6. The lowest BCUT2D eigenvalue weighted by atomic mass is 10.0. The molecule has 2 amide bonds. The average Bonchev–Trinajstić information content (AvgIpc) is 2.68. The predicted octanol–water partition coefficient (Wildman–Crippen LogP) is 2.15. The first-order valence-corrected chi connectivity index (χ1v) is 9.50. The normalized spacial score (nSPS) is 14.5. The van der Waals surface area contributed by atoms with Gasteiger partial charge in [0.2, 0.25) is 5.91 Å². The van der Waals surface area contributed by atoms with E-state index in [-0.39, 0.29) is 36.7 Å². The molecule has 0 spiro atoms. The molecule has 2 rings (SSSR count). The number of ether oxygens (including phenoxy) is 2. The molecule has 0 radical (unpaired) electrons. The van der Waals surface area contributed by atoms with E-state index >= 15 is 0 Å². The van der Waals surface area contributed by atoms with Gasteiger partial charge in [0.05, 0.1) is 19.6 Å². The van der Waals surface area contributed by atoms with E-state index in [2.05, 4.69) is 5.32 Å². The van der Waals surface area contributed by atoms with Crippen molar-refractivity contribution in [1.29, 1.82) is 0 Å². The van der Waals surface area contributed by atoms with E-state index in [4.69, 9.17) is 9.47 Å². The molecule has 7 nitrogen and oxygen atoms in total. The Hall–Kier alpha value is -2.57. The van der Waals surface area contributed by atoms with Gasteiger partial charge in [0.25, 0.3) is 5.91 Å². The Labute approximate surface area is 160 Å². The molecule has 1 aromatic carbocycles. The van der Waals surface area contributed by atoms with Gasteiger partial charge in [0, 0.05) is 31.1 Å². The summed E-state index contributed by atoms with van der Waals surface area (Å²) in [5.41, 5.74) is 0.589. The van der Waals surface area contributed by atoms with Crippen molar-refractivity contribution in [1.82, 2.24) is 10.2 Å². The second-order valence-corrected chi connectivity index (χ2v) is 6.39. The molecule has 1 heterocycles. The van der Waals surface area contributed by atoms with Crippen LogP contribution in [0.3, 0.4) is 0 Å². The van der Waals surface area contributed by atoms with E-state index < -0.39 is 0 Å². The van der Waals surface area contributed by atoms with Gasteiger partial charge in [-0.05, 0) is 51.0 Å². The fourth-order valence-corrected chi connectivity index (χ4v) is 3.01. The van der Waals surface area contributed by atoms with Crippen LogP contribution in [-0.2, 0) is 14.3 Å². The number of nitrogens with one attached hydrogen (secondary N) is 1. The molecule has 1 aliphatic rings. The molecule has 0 bridgehead atoms. The topological polar surface area (TPSA) is 84.9 Å². The summed E-state index contributed by atoms with van der Waals surface area (Å²) in [5, 5.41) is 3.02. The summed E-state index contributed by atoms with van der Waals surface area (Å²) < 4.78 is 10.2. The Balaban J connectivity index is 1.74. The Kier molecular flexibility index (Phi) is 8.10. The minimum absolute atomic E-state index is 0.0400. The number of piperidine rings is 1. The van der Waals surface area contributed by atoms with Gasteiger partial charge < -0.3 is 19.7 Å². The van der Waals surface area contributed by atoms with Crippen LogP contribution in [0.4, 0.5) is 0 Å². The van der Waals surface area contributed by atoms with Crippen LogP contribution < -0.4 is 10.1 Å². The minimum atomic E-state index is -0.344. The SMILES string of the molecule is CCOC(=O)CCC(=O)N1CCC(NC(=O)c2ccc(OCC)cc2)CC1. The second kappa shape index (κ2) is 10.5. The van der Waals surface area contributed by atoms with Gasteiger partial charge in [-0.2, -0.15) is 0 Å². The number of rotatable bonds is 8. The average molecular weight is 376 g/mol. The Morgan fingerprint density at radius 3 is 2.30 bits per heavy atom. The summed E-state index contributed by atoms with van der Waals surface area (Å²) in [6, 6.07) is 7.09. The molecule has 27 heavy (non-hydrogen) atoms. The maximum Gasteiger partial charge on any atom is 0.306 e. The zero-order valence-electron chi connectivity index (χ0n) is 16.0. The fraction of sp³-hybridized carbons (Fsp3) is 0.550. The third-order valence-electron chi connectivity index (χ3n) is 4.46. The third kappa shape index (κ3) is 6.58. The molecular weight excluding hydrogens is 348 g/mol. The largest absolute Gasteiger partial charge is 0.494 e. The number of carbonyl (C=O) groups excluding carboxylic acids is 3. The van der Waals surface area contributed by atoms with Crippen molar-refractivity contribution >= 4 is 17.8 Å². The molecule has 0 unspecified atom stereocenters. The third-order valence-corrected chi connectivity index (χ3v) is 4.46. The van der Waals surface area contributed by atoms with Gasteiger partial charge in [0.15, 0.2) is 0 Å². The van der Waals surface area contributed by atoms with E-state index in [0.29, 0.717) is 44.7 Å². The number of amides is 2. The van der Waals surface area contributed by atoms with Gasteiger partial charge in [-0.15, -0.1) is 0 Å². The van der Waals surface area contributed by atoms with E-state index in [0.717, 1.165) is 5.75 Å². The van der Waals surface area contributed by atoms with Crippen LogP contribution in [-0.4, -0.2) is 55.0 Å². The molecule has 7 heteroatoms. The summed E-state index contributed by atoms with van der Waals surface area (Å²) in [5.74, 6) is 0.233.